The summed E-state index contributed by atoms with van der Waals surface area (Å²) >= 11 is 0. The largest absolute Gasteiger partial charge is 0.507 e. The molecule has 5 N–H and O–H groups in total. The molecule has 59 heavy (non-hydrogen) atoms. The lowest BCUT2D eigenvalue weighted by molar-refractivity contribution is 0.286. The number of benzene rings is 4. The van der Waals surface area contributed by atoms with Gasteiger partial charge in [0.2, 0.25) is 0 Å². The number of phenols is 3. The number of phenolic OH excluding ortho intramolecular Hbond substituents is 3. The summed E-state index contributed by atoms with van der Waals surface area (Å²) in [6, 6.07) is 16.4. The Labute approximate surface area is 347 Å². The minimum absolute atomic E-state index is 0.0908. The number of aromatic nitrogens is 3. The molecule has 0 saturated carbocycles. The van der Waals surface area contributed by atoms with Crippen molar-refractivity contribution >= 4 is 0 Å². The lowest BCUT2D eigenvalue weighted by Gasteiger charge is -2.27. The summed E-state index contributed by atoms with van der Waals surface area (Å²) in [5.41, 5.74) is 6.09. The molecule has 0 radical (unpaired) electrons. The molecule has 0 amide bonds. The summed E-state index contributed by atoms with van der Waals surface area (Å²) in [5, 5.41) is 36.6. The summed E-state index contributed by atoms with van der Waals surface area (Å²) in [6.07, 6.45) is 1.08. The third kappa shape index (κ3) is 9.22. The van der Waals surface area contributed by atoms with E-state index in [0.29, 0.717) is 39.1 Å². The minimum Gasteiger partial charge on any atom is -0.507 e. The number of fused-ring (bicyclic) bond motifs is 8. The second kappa shape index (κ2) is 15.3. The summed E-state index contributed by atoms with van der Waals surface area (Å²) in [5.74, 6) is 0.918. The van der Waals surface area contributed by atoms with Gasteiger partial charge in [-0.1, -0.05) is 132 Å². The van der Waals surface area contributed by atoms with Crippen LogP contribution >= 0.6 is 0 Å². The number of ether oxygens (including phenoxy) is 1. The van der Waals surface area contributed by atoms with Crippen LogP contribution in [0.5, 0.6) is 23.0 Å². The molecule has 0 unspecified atom stereocenters. The first-order valence-electron chi connectivity index (χ1n) is 20.5. The fourth-order valence-corrected chi connectivity index (χ4v) is 7.74. The molecule has 314 valence electrons. The van der Waals surface area contributed by atoms with E-state index in [4.69, 9.17) is 4.74 Å². The first kappa shape index (κ1) is 43.1. The zero-order valence-corrected chi connectivity index (χ0v) is 36.8. The average molecular weight is 804 g/mol. The van der Waals surface area contributed by atoms with Gasteiger partial charge in [-0.15, -0.1) is 0 Å². The summed E-state index contributed by atoms with van der Waals surface area (Å²) in [7, 11) is 0. The molecule has 1 aromatic heterocycles. The van der Waals surface area contributed by atoms with Gasteiger partial charge in [-0.3, -0.25) is 9.97 Å². The van der Waals surface area contributed by atoms with E-state index in [2.05, 4.69) is 105 Å². The van der Waals surface area contributed by atoms with Crippen molar-refractivity contribution in [3.63, 3.8) is 0 Å². The number of aromatic hydroxyl groups is 3. The van der Waals surface area contributed by atoms with E-state index in [1.165, 1.54) is 0 Å². The third-order valence-electron chi connectivity index (χ3n) is 11.5. The fourth-order valence-electron chi connectivity index (χ4n) is 7.74. The highest BCUT2D eigenvalue weighted by atomic mass is 16.5. The number of nitrogens with one attached hydrogen (secondary N) is 2. The standard InChI is InChI=1S/C49H61N3O7/c1-46(2,3)35-19-27-15-29-21-36(47(4,5)6)23-31(40(29)54)17-33-25-38(49(10,11)12)26-34(42(33)59-14-13-52-44(57)50-43(56)51-45(52)58)18-32-24-37(48(7,8)9)22-30(41(32)55)16-28(20-35)39(27)53/h19-26,53-55H,13-18H2,1-12H3,(H2,50,51,56,57,58). The molecule has 0 aliphatic heterocycles. The van der Waals surface area contributed by atoms with Crippen molar-refractivity contribution < 1.29 is 20.1 Å². The monoisotopic (exact) mass is 803 g/mol. The summed E-state index contributed by atoms with van der Waals surface area (Å²) in [6.45, 7) is 25.4. The smallest absolute Gasteiger partial charge is 0.333 e. The maximum Gasteiger partial charge on any atom is 0.333 e. The third-order valence-corrected chi connectivity index (χ3v) is 11.5. The van der Waals surface area contributed by atoms with Crippen LogP contribution in [0.3, 0.4) is 0 Å². The first-order valence-corrected chi connectivity index (χ1v) is 20.5. The molecular weight excluding hydrogens is 743 g/mol. The Balaban J connectivity index is 1.67. The summed E-state index contributed by atoms with van der Waals surface area (Å²) in [4.78, 5) is 41.2. The van der Waals surface area contributed by atoms with Crippen LogP contribution < -0.4 is 21.8 Å². The van der Waals surface area contributed by atoms with Gasteiger partial charge < -0.3 is 20.1 Å². The van der Waals surface area contributed by atoms with Gasteiger partial charge in [0.05, 0.1) is 6.54 Å². The average Bonchev–Trinajstić information content (AvgIpc) is 3.09. The molecule has 8 bridgehead atoms. The van der Waals surface area contributed by atoms with Crippen molar-refractivity contribution in [2.45, 2.75) is 137 Å². The van der Waals surface area contributed by atoms with Crippen LogP contribution in [-0.4, -0.2) is 36.5 Å². The Bertz CT molecular complexity index is 2460. The van der Waals surface area contributed by atoms with Crippen molar-refractivity contribution in [3.8, 4) is 23.0 Å². The number of nitrogens with zero attached hydrogens (tertiary/aromatic N) is 1. The van der Waals surface area contributed by atoms with Crippen molar-refractivity contribution in [2.24, 2.45) is 0 Å². The maximum absolute atomic E-state index is 12.6. The molecule has 10 heteroatoms. The molecule has 1 aliphatic carbocycles. The minimum atomic E-state index is -0.885. The Kier molecular flexibility index (Phi) is 11.1. The Morgan fingerprint density at radius 3 is 1.00 bits per heavy atom. The molecule has 4 aromatic carbocycles. The van der Waals surface area contributed by atoms with Crippen molar-refractivity contribution in [2.75, 3.05) is 6.61 Å². The maximum atomic E-state index is 12.6. The van der Waals surface area contributed by atoms with Gasteiger partial charge in [-0.2, -0.15) is 0 Å². The van der Waals surface area contributed by atoms with Crippen LogP contribution in [0.2, 0.25) is 0 Å². The van der Waals surface area contributed by atoms with Crippen LogP contribution in [-0.2, 0) is 53.9 Å². The number of rotatable bonds is 4. The first-order chi connectivity index (χ1) is 27.2. The molecule has 0 spiro atoms. The van der Waals surface area contributed by atoms with E-state index in [1.807, 2.05) is 36.4 Å². The molecule has 0 fully saturated rings. The number of hydrogen-bond acceptors (Lipinski definition) is 7. The van der Waals surface area contributed by atoms with Crippen LogP contribution in [0.15, 0.2) is 62.9 Å². The molecule has 1 aliphatic rings. The zero-order chi connectivity index (χ0) is 43.6. The Morgan fingerprint density at radius 1 is 0.475 bits per heavy atom. The van der Waals surface area contributed by atoms with E-state index < -0.39 is 17.1 Å². The Morgan fingerprint density at radius 2 is 0.729 bits per heavy atom. The predicted molar refractivity (Wildman–Crippen MR) is 234 cm³/mol. The van der Waals surface area contributed by atoms with E-state index >= 15 is 0 Å². The van der Waals surface area contributed by atoms with Gasteiger partial charge in [-0.25, -0.2) is 19.0 Å². The second-order valence-corrected chi connectivity index (χ2v) is 20.4. The van der Waals surface area contributed by atoms with E-state index in [1.54, 1.807) is 0 Å². The molecule has 1 heterocycles. The molecule has 0 atom stereocenters. The highest BCUT2D eigenvalue weighted by molar-refractivity contribution is 5.59. The lowest BCUT2D eigenvalue weighted by Crippen LogP contribution is -2.44. The van der Waals surface area contributed by atoms with Gasteiger partial charge >= 0.3 is 17.1 Å². The highest BCUT2D eigenvalue weighted by Crippen LogP contribution is 2.43. The Hall–Kier alpha value is -5.51. The SMILES string of the molecule is CC(C)(C)c1cc2c(O)c(c1)Cc1cc(C(C)(C)C)cc(c1O)Cc1cc(C(C)(C)C)cc(c1OCCn1c(=O)[nH]c(=O)[nH]c1=O)Cc1cc(C(C)(C)C)cc(c1O)C2. The van der Waals surface area contributed by atoms with Crippen molar-refractivity contribution in [1.82, 2.24) is 14.5 Å². The zero-order valence-electron chi connectivity index (χ0n) is 36.8. The van der Waals surface area contributed by atoms with E-state index in [-0.39, 0.29) is 77.7 Å². The second-order valence-electron chi connectivity index (χ2n) is 20.4. The van der Waals surface area contributed by atoms with Gasteiger partial charge in [0.25, 0.3) is 0 Å². The van der Waals surface area contributed by atoms with Crippen LogP contribution in [0, 0.1) is 0 Å². The van der Waals surface area contributed by atoms with Crippen LogP contribution in [0.1, 0.15) is 150 Å². The van der Waals surface area contributed by atoms with E-state index in [0.717, 1.165) is 37.9 Å². The van der Waals surface area contributed by atoms with Gasteiger partial charge in [-0.05, 0) is 88.4 Å². The van der Waals surface area contributed by atoms with Crippen LogP contribution in [0.25, 0.3) is 0 Å². The topological polar surface area (TPSA) is 158 Å². The van der Waals surface area contributed by atoms with E-state index in [9.17, 15) is 29.7 Å². The number of H-pyrrole nitrogens is 2. The van der Waals surface area contributed by atoms with Crippen molar-refractivity contribution in [1.29, 1.82) is 0 Å². The molecule has 5 aromatic rings. The number of aromatic amines is 2. The molecule has 0 saturated heterocycles. The van der Waals surface area contributed by atoms with Crippen molar-refractivity contribution in [3.05, 3.63) is 147 Å². The lowest BCUT2D eigenvalue weighted by atomic mass is 9.79. The summed E-state index contributed by atoms with van der Waals surface area (Å²) < 4.78 is 7.52. The van der Waals surface area contributed by atoms with Gasteiger partial charge in [0.15, 0.2) is 0 Å². The van der Waals surface area contributed by atoms with Gasteiger partial charge in [0, 0.05) is 25.7 Å². The quantitative estimate of drug-likeness (QED) is 0.120. The fraction of sp³-hybridized carbons (Fsp3) is 0.449. The molecule has 10 nitrogen and oxygen atoms in total. The predicted octanol–water partition coefficient (Wildman–Crippen LogP) is 8.29. The number of hydrogen-bond donors (Lipinski definition) is 5. The van der Waals surface area contributed by atoms with Crippen LogP contribution in [0.4, 0.5) is 0 Å². The molecular formula is C49H61N3O7. The molecule has 6 rings (SSSR count). The highest BCUT2D eigenvalue weighted by Gasteiger charge is 2.28. The van der Waals surface area contributed by atoms with Gasteiger partial charge in [0.1, 0.15) is 29.6 Å². The normalized spacial score (nSPS) is 13.7.